The first-order chi connectivity index (χ1) is 8.02. The van der Waals surface area contributed by atoms with Gasteiger partial charge in [0.05, 0.1) is 11.5 Å². The molecule has 4 nitrogen and oxygen atoms in total. The maximum Gasteiger partial charge on any atom is 0.243 e. The molecular weight excluding hydrogens is 238 g/mol. The lowest BCUT2D eigenvalue weighted by atomic mass is 10.2. The number of nitrogens with zero attached hydrogens (tertiary/aromatic N) is 1. The predicted molar refractivity (Wildman–Crippen MR) is 67.3 cm³/mol. The van der Waals surface area contributed by atoms with E-state index >= 15 is 0 Å². The predicted octanol–water partition coefficient (Wildman–Crippen LogP) is 1.39. The van der Waals surface area contributed by atoms with Crippen molar-refractivity contribution in [1.29, 1.82) is 0 Å². The Morgan fingerprint density at radius 1 is 1.18 bits per heavy atom. The zero-order chi connectivity index (χ0) is 12.9. The number of aliphatic hydroxyl groups excluding tert-OH is 1. The first-order valence-electron chi connectivity index (χ1n) is 5.70. The second kappa shape index (κ2) is 6.14. The molecule has 0 radical (unpaired) electrons. The van der Waals surface area contributed by atoms with E-state index in [0.29, 0.717) is 6.54 Å². The number of sulfonamides is 1. The van der Waals surface area contributed by atoms with Crippen molar-refractivity contribution in [1.82, 2.24) is 4.31 Å². The molecule has 0 amide bonds. The van der Waals surface area contributed by atoms with Gasteiger partial charge in [-0.25, -0.2) is 8.42 Å². The van der Waals surface area contributed by atoms with E-state index in [1.54, 1.807) is 24.3 Å². The fourth-order valence-corrected chi connectivity index (χ4v) is 3.10. The van der Waals surface area contributed by atoms with Crippen LogP contribution in [0.5, 0.6) is 0 Å². The molecule has 0 aliphatic carbocycles. The Hall–Kier alpha value is -0.910. The lowest BCUT2D eigenvalue weighted by molar-refractivity contribution is 0.253. The zero-order valence-corrected chi connectivity index (χ0v) is 11.1. The highest BCUT2D eigenvalue weighted by molar-refractivity contribution is 7.89. The highest BCUT2D eigenvalue weighted by atomic mass is 32.2. The van der Waals surface area contributed by atoms with E-state index in [9.17, 15) is 8.42 Å². The molecule has 0 atom stereocenters. The lowest BCUT2D eigenvalue weighted by Gasteiger charge is -2.20. The molecule has 0 spiro atoms. The summed E-state index contributed by atoms with van der Waals surface area (Å²) >= 11 is 0. The number of aliphatic hydroxyl groups is 1. The molecule has 0 aliphatic rings. The van der Waals surface area contributed by atoms with Crippen molar-refractivity contribution >= 4 is 10.0 Å². The van der Waals surface area contributed by atoms with Crippen molar-refractivity contribution in [2.45, 2.75) is 25.2 Å². The van der Waals surface area contributed by atoms with Gasteiger partial charge >= 0.3 is 0 Å². The Morgan fingerprint density at radius 3 is 2.24 bits per heavy atom. The number of hydrogen-bond donors (Lipinski definition) is 1. The summed E-state index contributed by atoms with van der Waals surface area (Å²) in [6.07, 6.45) is 0.727. The van der Waals surface area contributed by atoms with Crippen LogP contribution in [-0.4, -0.2) is 37.5 Å². The average Bonchev–Trinajstić information content (AvgIpc) is 2.29. The molecular formula is C12H19NO3S. The normalized spacial score (nSPS) is 12.0. The van der Waals surface area contributed by atoms with Crippen LogP contribution in [0.4, 0.5) is 0 Å². The van der Waals surface area contributed by atoms with Gasteiger partial charge in [-0.1, -0.05) is 24.6 Å². The minimum Gasteiger partial charge on any atom is -0.395 e. The van der Waals surface area contributed by atoms with Crippen LogP contribution in [0, 0.1) is 6.92 Å². The Labute approximate surface area is 103 Å². The van der Waals surface area contributed by atoms with Crippen LogP contribution in [0.25, 0.3) is 0 Å². The van der Waals surface area contributed by atoms with Crippen LogP contribution in [0.1, 0.15) is 18.9 Å². The number of hydrogen-bond acceptors (Lipinski definition) is 3. The first-order valence-corrected chi connectivity index (χ1v) is 7.14. The molecule has 5 heteroatoms. The molecule has 17 heavy (non-hydrogen) atoms. The van der Waals surface area contributed by atoms with E-state index in [-0.39, 0.29) is 18.0 Å². The fourth-order valence-electron chi connectivity index (χ4n) is 1.57. The van der Waals surface area contributed by atoms with E-state index in [0.717, 1.165) is 12.0 Å². The minimum absolute atomic E-state index is 0.143. The van der Waals surface area contributed by atoms with Crippen molar-refractivity contribution in [3.05, 3.63) is 29.8 Å². The molecule has 0 unspecified atom stereocenters. The monoisotopic (exact) mass is 257 g/mol. The van der Waals surface area contributed by atoms with Gasteiger partial charge in [-0.2, -0.15) is 4.31 Å². The SMILES string of the molecule is CCCN(CCO)S(=O)(=O)c1ccc(C)cc1. The topological polar surface area (TPSA) is 57.6 Å². The summed E-state index contributed by atoms with van der Waals surface area (Å²) in [6, 6.07) is 6.75. The highest BCUT2D eigenvalue weighted by Gasteiger charge is 2.22. The summed E-state index contributed by atoms with van der Waals surface area (Å²) in [5, 5.41) is 8.91. The van der Waals surface area contributed by atoms with Crippen molar-refractivity contribution in [2.75, 3.05) is 19.7 Å². The average molecular weight is 257 g/mol. The van der Waals surface area contributed by atoms with Gasteiger partial charge in [-0.15, -0.1) is 0 Å². The van der Waals surface area contributed by atoms with Gasteiger partial charge in [-0.05, 0) is 25.5 Å². The molecule has 0 heterocycles. The summed E-state index contributed by atoms with van der Waals surface area (Å²) in [5.74, 6) is 0. The molecule has 0 fully saturated rings. The van der Waals surface area contributed by atoms with Crippen molar-refractivity contribution < 1.29 is 13.5 Å². The molecule has 0 saturated carbocycles. The largest absolute Gasteiger partial charge is 0.395 e. The maximum absolute atomic E-state index is 12.2. The molecule has 0 aromatic heterocycles. The lowest BCUT2D eigenvalue weighted by Crippen LogP contribution is -2.34. The van der Waals surface area contributed by atoms with E-state index in [1.807, 2.05) is 13.8 Å². The van der Waals surface area contributed by atoms with Crippen molar-refractivity contribution in [2.24, 2.45) is 0 Å². The Morgan fingerprint density at radius 2 is 1.76 bits per heavy atom. The summed E-state index contributed by atoms with van der Waals surface area (Å²) < 4.78 is 25.8. The molecule has 1 rings (SSSR count). The van der Waals surface area contributed by atoms with Crippen LogP contribution in [-0.2, 0) is 10.0 Å². The Kier molecular flexibility index (Phi) is 5.11. The quantitative estimate of drug-likeness (QED) is 0.838. The number of rotatable bonds is 6. The first kappa shape index (κ1) is 14.2. The van der Waals surface area contributed by atoms with Crippen molar-refractivity contribution in [3.63, 3.8) is 0 Å². The summed E-state index contributed by atoms with van der Waals surface area (Å²) in [5.41, 5.74) is 1.02. The molecule has 0 saturated heterocycles. The molecule has 0 bridgehead atoms. The maximum atomic E-state index is 12.2. The van der Waals surface area contributed by atoms with Crippen molar-refractivity contribution in [3.8, 4) is 0 Å². The Balaban J connectivity index is 3.02. The second-order valence-electron chi connectivity index (χ2n) is 3.94. The molecule has 96 valence electrons. The smallest absolute Gasteiger partial charge is 0.243 e. The van der Waals surface area contributed by atoms with Gasteiger partial charge in [-0.3, -0.25) is 0 Å². The third-order valence-corrected chi connectivity index (χ3v) is 4.39. The van der Waals surface area contributed by atoms with Gasteiger partial charge in [0.1, 0.15) is 0 Å². The van der Waals surface area contributed by atoms with E-state index in [2.05, 4.69) is 0 Å². The number of aryl methyl sites for hydroxylation is 1. The molecule has 0 aliphatic heterocycles. The van der Waals surface area contributed by atoms with Crippen LogP contribution in [0.3, 0.4) is 0 Å². The van der Waals surface area contributed by atoms with Crippen LogP contribution < -0.4 is 0 Å². The summed E-state index contributed by atoms with van der Waals surface area (Å²) in [6.45, 7) is 4.23. The summed E-state index contributed by atoms with van der Waals surface area (Å²) in [4.78, 5) is 0.282. The zero-order valence-electron chi connectivity index (χ0n) is 10.3. The molecule has 1 aromatic carbocycles. The Bertz CT molecular complexity index is 433. The summed E-state index contributed by atoms with van der Waals surface area (Å²) in [7, 11) is -3.47. The van der Waals surface area contributed by atoms with Gasteiger partial charge in [0.15, 0.2) is 0 Å². The molecule has 1 aromatic rings. The van der Waals surface area contributed by atoms with Crippen LogP contribution in [0.15, 0.2) is 29.2 Å². The van der Waals surface area contributed by atoms with Gasteiger partial charge < -0.3 is 5.11 Å². The minimum atomic E-state index is -3.47. The number of benzene rings is 1. The van der Waals surface area contributed by atoms with Gasteiger partial charge in [0.2, 0.25) is 10.0 Å². The van der Waals surface area contributed by atoms with E-state index in [1.165, 1.54) is 4.31 Å². The van der Waals surface area contributed by atoms with E-state index < -0.39 is 10.0 Å². The van der Waals surface area contributed by atoms with Crippen LogP contribution in [0.2, 0.25) is 0 Å². The van der Waals surface area contributed by atoms with Crippen LogP contribution >= 0.6 is 0 Å². The third-order valence-electron chi connectivity index (χ3n) is 2.48. The highest BCUT2D eigenvalue weighted by Crippen LogP contribution is 2.16. The second-order valence-corrected chi connectivity index (χ2v) is 5.88. The third kappa shape index (κ3) is 3.52. The fraction of sp³-hybridized carbons (Fsp3) is 0.500. The van der Waals surface area contributed by atoms with Gasteiger partial charge in [0.25, 0.3) is 0 Å². The molecule has 1 N–H and O–H groups in total. The van der Waals surface area contributed by atoms with E-state index in [4.69, 9.17) is 5.11 Å². The van der Waals surface area contributed by atoms with Gasteiger partial charge in [0, 0.05) is 13.1 Å². The standard InChI is InChI=1S/C12H19NO3S/c1-3-8-13(9-10-14)17(15,16)12-6-4-11(2)5-7-12/h4-7,14H,3,8-10H2,1-2H3.